The fourth-order valence-electron chi connectivity index (χ4n) is 3.87. The number of guanidine groups is 1. The number of aliphatic imine (C=N–C) groups is 1. The number of nitrogens with two attached hydrogens (primary N) is 1. The molecule has 1 aliphatic rings. The van der Waals surface area contributed by atoms with E-state index in [4.69, 9.17) is 10.2 Å². The number of hydrogen-bond donors (Lipinski definition) is 2. The molecule has 0 saturated carbocycles. The molecule has 1 aromatic heterocycles. The van der Waals surface area contributed by atoms with Gasteiger partial charge in [-0.3, -0.25) is 9.69 Å². The number of primary amides is 1. The van der Waals surface area contributed by atoms with E-state index in [9.17, 15) is 13.6 Å². The van der Waals surface area contributed by atoms with E-state index >= 15 is 0 Å². The number of carbonyl (C=O) groups excluding carboxylic acids is 1. The maximum Gasteiger partial charge on any atom is 0.284 e. The Morgan fingerprint density at radius 2 is 1.94 bits per heavy atom. The summed E-state index contributed by atoms with van der Waals surface area (Å²) in [5, 5.41) is 3.28. The van der Waals surface area contributed by atoms with Crippen LogP contribution in [0.2, 0.25) is 0 Å². The van der Waals surface area contributed by atoms with Crippen LogP contribution in [0.3, 0.4) is 0 Å². The molecule has 1 aliphatic heterocycles. The van der Waals surface area contributed by atoms with Crippen LogP contribution in [0.4, 0.5) is 8.78 Å². The molecule has 0 aliphatic carbocycles. The van der Waals surface area contributed by atoms with Gasteiger partial charge in [0, 0.05) is 50.4 Å². The SMILES string of the molecule is CCNC(=NCc1ccc(C(N)=O)o1)N1CCN(C(CC)c2ccc(F)cc2F)CC1. The molecule has 1 unspecified atom stereocenters. The second kappa shape index (κ2) is 10.4. The van der Waals surface area contributed by atoms with Crippen molar-refractivity contribution in [3.05, 3.63) is 59.1 Å². The maximum atomic E-state index is 14.3. The fraction of sp³-hybridized carbons (Fsp3) is 0.455. The van der Waals surface area contributed by atoms with E-state index in [0.29, 0.717) is 17.9 Å². The Morgan fingerprint density at radius 3 is 2.52 bits per heavy atom. The van der Waals surface area contributed by atoms with E-state index in [1.807, 2.05) is 13.8 Å². The molecule has 9 heteroatoms. The quantitative estimate of drug-likeness (QED) is 0.518. The number of nitrogens with one attached hydrogen (secondary N) is 1. The third kappa shape index (κ3) is 5.61. The van der Waals surface area contributed by atoms with Gasteiger partial charge in [0.1, 0.15) is 23.9 Å². The molecule has 31 heavy (non-hydrogen) atoms. The van der Waals surface area contributed by atoms with Crippen molar-refractivity contribution in [2.75, 3.05) is 32.7 Å². The first-order valence-electron chi connectivity index (χ1n) is 10.5. The molecule has 1 amide bonds. The Labute approximate surface area is 180 Å². The van der Waals surface area contributed by atoms with E-state index in [1.165, 1.54) is 6.07 Å². The number of rotatable bonds is 7. The summed E-state index contributed by atoms with van der Waals surface area (Å²) < 4.78 is 33.0. The van der Waals surface area contributed by atoms with Gasteiger partial charge in [0.15, 0.2) is 11.7 Å². The highest BCUT2D eigenvalue weighted by Gasteiger charge is 2.27. The molecule has 1 saturated heterocycles. The molecule has 168 valence electrons. The minimum Gasteiger partial charge on any atom is -0.454 e. The zero-order valence-electron chi connectivity index (χ0n) is 17.9. The van der Waals surface area contributed by atoms with Crippen LogP contribution in [0.5, 0.6) is 0 Å². The Morgan fingerprint density at radius 1 is 1.19 bits per heavy atom. The van der Waals surface area contributed by atoms with Crippen molar-refractivity contribution in [2.45, 2.75) is 32.9 Å². The first-order chi connectivity index (χ1) is 14.9. The van der Waals surface area contributed by atoms with Crippen molar-refractivity contribution in [2.24, 2.45) is 10.7 Å². The van der Waals surface area contributed by atoms with Gasteiger partial charge in [-0.15, -0.1) is 0 Å². The van der Waals surface area contributed by atoms with E-state index in [-0.39, 0.29) is 18.3 Å². The fourth-order valence-corrected chi connectivity index (χ4v) is 3.87. The molecule has 0 radical (unpaired) electrons. The number of halogens is 2. The predicted molar refractivity (Wildman–Crippen MR) is 115 cm³/mol. The molecule has 3 rings (SSSR count). The van der Waals surface area contributed by atoms with E-state index in [1.54, 1.807) is 18.2 Å². The highest BCUT2D eigenvalue weighted by atomic mass is 19.1. The highest BCUT2D eigenvalue weighted by Crippen LogP contribution is 2.28. The normalized spacial score (nSPS) is 16.4. The number of hydrogen-bond acceptors (Lipinski definition) is 4. The largest absolute Gasteiger partial charge is 0.454 e. The zero-order valence-corrected chi connectivity index (χ0v) is 17.9. The van der Waals surface area contributed by atoms with Crippen LogP contribution >= 0.6 is 0 Å². The number of piperazine rings is 1. The first kappa shape index (κ1) is 22.7. The number of amides is 1. The molecular weight excluding hydrogens is 404 g/mol. The van der Waals surface area contributed by atoms with Crippen molar-refractivity contribution >= 4 is 11.9 Å². The van der Waals surface area contributed by atoms with Crippen LogP contribution in [0, 0.1) is 11.6 Å². The van der Waals surface area contributed by atoms with Crippen LogP contribution in [0.1, 0.15) is 48.2 Å². The Balaban J connectivity index is 1.65. The summed E-state index contributed by atoms with van der Waals surface area (Å²) in [7, 11) is 0. The van der Waals surface area contributed by atoms with Crippen LogP contribution in [-0.2, 0) is 6.54 Å². The number of nitrogens with zero attached hydrogens (tertiary/aromatic N) is 3. The van der Waals surface area contributed by atoms with Gasteiger partial charge >= 0.3 is 0 Å². The lowest BCUT2D eigenvalue weighted by Crippen LogP contribution is -2.53. The average molecular weight is 434 g/mol. The van der Waals surface area contributed by atoms with Crippen molar-refractivity contribution in [3.63, 3.8) is 0 Å². The molecule has 7 nitrogen and oxygen atoms in total. The first-order valence-corrected chi connectivity index (χ1v) is 10.5. The van der Waals surface area contributed by atoms with Crippen molar-refractivity contribution in [3.8, 4) is 0 Å². The van der Waals surface area contributed by atoms with Crippen LogP contribution < -0.4 is 11.1 Å². The molecular formula is C22H29F2N5O2. The lowest BCUT2D eigenvalue weighted by Gasteiger charge is -2.40. The molecule has 2 aromatic rings. The number of benzene rings is 1. The second-order valence-corrected chi connectivity index (χ2v) is 7.41. The summed E-state index contributed by atoms with van der Waals surface area (Å²) >= 11 is 0. The van der Waals surface area contributed by atoms with E-state index in [2.05, 4.69) is 20.1 Å². The summed E-state index contributed by atoms with van der Waals surface area (Å²) in [5.74, 6) is -0.255. The third-order valence-corrected chi connectivity index (χ3v) is 5.39. The molecule has 0 bridgehead atoms. The molecule has 1 atom stereocenters. The van der Waals surface area contributed by atoms with Gasteiger partial charge in [-0.2, -0.15) is 0 Å². The molecule has 3 N–H and O–H groups in total. The lowest BCUT2D eigenvalue weighted by atomic mass is 10.0. The topological polar surface area (TPSA) is 87.1 Å². The minimum atomic E-state index is -0.610. The zero-order chi connectivity index (χ0) is 22.4. The van der Waals surface area contributed by atoms with E-state index < -0.39 is 17.5 Å². The number of carbonyl (C=O) groups is 1. The molecule has 1 aromatic carbocycles. The summed E-state index contributed by atoms with van der Waals surface area (Å²) in [6, 6.07) is 6.93. The van der Waals surface area contributed by atoms with Gasteiger partial charge in [0.2, 0.25) is 0 Å². The minimum absolute atomic E-state index is 0.0994. The van der Waals surface area contributed by atoms with E-state index in [0.717, 1.165) is 44.6 Å². The summed E-state index contributed by atoms with van der Waals surface area (Å²) in [6.45, 7) is 7.89. The Kier molecular flexibility index (Phi) is 7.62. The standard InChI is InChI=1S/C22H29F2N5O2/c1-3-19(17-7-5-15(23)13-18(17)24)28-9-11-29(12-10-28)22(26-4-2)27-14-16-6-8-20(31-16)21(25)30/h5-8,13,19H,3-4,9-12,14H2,1-2H3,(H2,25,30)(H,26,27). The third-order valence-electron chi connectivity index (χ3n) is 5.39. The molecule has 0 spiro atoms. The highest BCUT2D eigenvalue weighted by molar-refractivity contribution is 5.89. The smallest absolute Gasteiger partial charge is 0.284 e. The van der Waals surface area contributed by atoms with Crippen LogP contribution in [-0.4, -0.2) is 54.4 Å². The second-order valence-electron chi connectivity index (χ2n) is 7.41. The van der Waals surface area contributed by atoms with Crippen LogP contribution in [0.15, 0.2) is 39.7 Å². The maximum absolute atomic E-state index is 14.3. The summed E-state index contributed by atoms with van der Waals surface area (Å²) in [5.41, 5.74) is 5.75. The van der Waals surface area contributed by atoms with Crippen molar-refractivity contribution in [1.82, 2.24) is 15.1 Å². The van der Waals surface area contributed by atoms with Crippen molar-refractivity contribution < 1.29 is 18.0 Å². The lowest BCUT2D eigenvalue weighted by molar-refractivity contribution is 0.0972. The molecule has 1 fully saturated rings. The van der Waals surface area contributed by atoms with Gasteiger partial charge in [0.05, 0.1) is 0 Å². The van der Waals surface area contributed by atoms with Gasteiger partial charge in [0.25, 0.3) is 5.91 Å². The Hall–Kier alpha value is -2.94. The molecule has 2 heterocycles. The summed E-state index contributed by atoms with van der Waals surface area (Å²) in [4.78, 5) is 20.2. The monoisotopic (exact) mass is 433 g/mol. The van der Waals surface area contributed by atoms with Gasteiger partial charge < -0.3 is 20.4 Å². The Bertz CT molecular complexity index is 922. The van der Waals surface area contributed by atoms with Crippen LogP contribution in [0.25, 0.3) is 0 Å². The average Bonchev–Trinajstić information content (AvgIpc) is 3.23. The number of furan rings is 1. The van der Waals surface area contributed by atoms with Gasteiger partial charge in [-0.25, -0.2) is 13.8 Å². The van der Waals surface area contributed by atoms with Gasteiger partial charge in [-0.05, 0) is 31.5 Å². The summed E-state index contributed by atoms with van der Waals surface area (Å²) in [6.07, 6.45) is 0.734. The van der Waals surface area contributed by atoms with Crippen molar-refractivity contribution in [1.29, 1.82) is 0 Å². The van der Waals surface area contributed by atoms with Gasteiger partial charge in [-0.1, -0.05) is 13.0 Å². The predicted octanol–water partition coefficient (Wildman–Crippen LogP) is 2.89.